The third-order valence-electron chi connectivity index (χ3n) is 2.91. The molecular weight excluding hydrogens is 176 g/mol. The first kappa shape index (κ1) is 9.71. The van der Waals surface area contributed by atoms with Crippen LogP contribution in [0.3, 0.4) is 0 Å². The Morgan fingerprint density at radius 2 is 2.21 bits per heavy atom. The maximum Gasteiger partial charge on any atom is 0.197 e. The molecule has 1 aromatic heterocycles. The van der Waals surface area contributed by atoms with Gasteiger partial charge in [-0.05, 0) is 32.2 Å². The van der Waals surface area contributed by atoms with Crippen LogP contribution in [0.2, 0.25) is 0 Å². The van der Waals surface area contributed by atoms with Crippen LogP contribution in [0.25, 0.3) is 0 Å². The first-order valence-electron chi connectivity index (χ1n) is 5.54. The highest BCUT2D eigenvalue weighted by atomic mass is 16.3. The SMILES string of the molecule is NCCCc1coc(C2CCCC2)n1. The lowest BCUT2D eigenvalue weighted by atomic mass is 10.1. The smallest absolute Gasteiger partial charge is 0.197 e. The number of hydrogen-bond acceptors (Lipinski definition) is 3. The standard InChI is InChI=1S/C11H18N2O/c12-7-3-6-10-8-14-11(13-10)9-4-1-2-5-9/h8-9H,1-7,12H2. The number of aromatic nitrogens is 1. The van der Waals surface area contributed by atoms with Gasteiger partial charge in [-0.1, -0.05) is 12.8 Å². The average Bonchev–Trinajstić information content (AvgIpc) is 2.85. The van der Waals surface area contributed by atoms with E-state index in [1.807, 2.05) is 0 Å². The van der Waals surface area contributed by atoms with Gasteiger partial charge in [-0.25, -0.2) is 4.98 Å². The predicted octanol–water partition coefficient (Wildman–Crippen LogP) is 2.22. The lowest BCUT2D eigenvalue weighted by molar-refractivity contribution is 0.448. The van der Waals surface area contributed by atoms with E-state index in [1.165, 1.54) is 25.7 Å². The molecule has 0 unspecified atom stereocenters. The molecule has 1 fully saturated rings. The molecule has 1 heterocycles. The molecule has 0 spiro atoms. The summed E-state index contributed by atoms with van der Waals surface area (Å²) in [7, 11) is 0. The Labute approximate surface area is 84.7 Å². The maximum atomic E-state index is 5.49. The van der Waals surface area contributed by atoms with Gasteiger partial charge >= 0.3 is 0 Å². The molecule has 0 bridgehead atoms. The van der Waals surface area contributed by atoms with Gasteiger partial charge < -0.3 is 10.2 Å². The van der Waals surface area contributed by atoms with Crippen molar-refractivity contribution in [2.75, 3.05) is 6.54 Å². The normalized spacial score (nSPS) is 17.8. The molecule has 2 rings (SSSR count). The summed E-state index contributed by atoms with van der Waals surface area (Å²) in [6, 6.07) is 0. The first-order valence-corrected chi connectivity index (χ1v) is 5.54. The van der Waals surface area contributed by atoms with Crippen molar-refractivity contribution in [3.63, 3.8) is 0 Å². The third-order valence-corrected chi connectivity index (χ3v) is 2.91. The van der Waals surface area contributed by atoms with Gasteiger partial charge in [0.1, 0.15) is 6.26 Å². The Balaban J connectivity index is 1.94. The lowest BCUT2D eigenvalue weighted by Gasteiger charge is -2.00. The summed E-state index contributed by atoms with van der Waals surface area (Å²) in [6.07, 6.45) is 8.89. The minimum atomic E-state index is 0.585. The Morgan fingerprint density at radius 1 is 1.43 bits per heavy atom. The summed E-state index contributed by atoms with van der Waals surface area (Å²) in [5.74, 6) is 1.54. The zero-order valence-electron chi connectivity index (χ0n) is 8.54. The highest BCUT2D eigenvalue weighted by molar-refractivity contribution is 5.02. The second-order valence-corrected chi connectivity index (χ2v) is 4.05. The van der Waals surface area contributed by atoms with Gasteiger partial charge in [0.15, 0.2) is 5.89 Å². The molecule has 1 saturated carbocycles. The van der Waals surface area contributed by atoms with E-state index >= 15 is 0 Å². The average molecular weight is 194 g/mol. The van der Waals surface area contributed by atoms with E-state index in [2.05, 4.69) is 4.98 Å². The number of aryl methyl sites for hydroxylation is 1. The molecule has 78 valence electrons. The van der Waals surface area contributed by atoms with Gasteiger partial charge in [0, 0.05) is 5.92 Å². The van der Waals surface area contributed by atoms with Gasteiger partial charge in [0.25, 0.3) is 0 Å². The minimum absolute atomic E-state index is 0.585. The fourth-order valence-corrected chi connectivity index (χ4v) is 2.08. The Bertz CT molecular complexity index is 277. The molecule has 1 aliphatic carbocycles. The summed E-state index contributed by atoms with van der Waals surface area (Å²) >= 11 is 0. The molecule has 3 nitrogen and oxygen atoms in total. The first-order chi connectivity index (χ1) is 6.90. The second-order valence-electron chi connectivity index (χ2n) is 4.05. The van der Waals surface area contributed by atoms with Crippen LogP contribution in [0.5, 0.6) is 0 Å². The second kappa shape index (κ2) is 4.60. The number of hydrogen-bond donors (Lipinski definition) is 1. The molecule has 0 aromatic carbocycles. The van der Waals surface area contributed by atoms with Crippen LogP contribution in [0.15, 0.2) is 10.7 Å². The predicted molar refractivity (Wildman–Crippen MR) is 55.1 cm³/mol. The molecule has 0 saturated heterocycles. The van der Waals surface area contributed by atoms with E-state index in [0.717, 1.165) is 31.0 Å². The van der Waals surface area contributed by atoms with E-state index in [4.69, 9.17) is 10.2 Å². The zero-order chi connectivity index (χ0) is 9.80. The Morgan fingerprint density at radius 3 is 2.93 bits per heavy atom. The molecule has 1 aliphatic rings. The monoisotopic (exact) mass is 194 g/mol. The largest absolute Gasteiger partial charge is 0.448 e. The molecule has 3 heteroatoms. The summed E-state index contributed by atoms with van der Waals surface area (Å²) in [5, 5.41) is 0. The van der Waals surface area contributed by atoms with Crippen molar-refractivity contribution in [3.8, 4) is 0 Å². The van der Waals surface area contributed by atoms with E-state index < -0.39 is 0 Å². The zero-order valence-corrected chi connectivity index (χ0v) is 8.54. The van der Waals surface area contributed by atoms with Crippen molar-refractivity contribution in [3.05, 3.63) is 17.8 Å². The molecule has 14 heavy (non-hydrogen) atoms. The van der Waals surface area contributed by atoms with Gasteiger partial charge in [-0.2, -0.15) is 0 Å². The van der Waals surface area contributed by atoms with E-state index in [9.17, 15) is 0 Å². The van der Waals surface area contributed by atoms with Gasteiger partial charge in [0.05, 0.1) is 5.69 Å². The van der Waals surface area contributed by atoms with Crippen LogP contribution in [0, 0.1) is 0 Å². The van der Waals surface area contributed by atoms with Crippen molar-refractivity contribution in [1.29, 1.82) is 0 Å². The van der Waals surface area contributed by atoms with E-state index in [1.54, 1.807) is 6.26 Å². The minimum Gasteiger partial charge on any atom is -0.448 e. The number of oxazole rings is 1. The van der Waals surface area contributed by atoms with Crippen LogP contribution in [0.4, 0.5) is 0 Å². The fourth-order valence-electron chi connectivity index (χ4n) is 2.08. The molecule has 1 aromatic rings. The summed E-state index contributed by atoms with van der Waals surface area (Å²) in [6.45, 7) is 0.728. The van der Waals surface area contributed by atoms with Crippen LogP contribution in [-0.4, -0.2) is 11.5 Å². The van der Waals surface area contributed by atoms with E-state index in [0.29, 0.717) is 5.92 Å². The van der Waals surface area contributed by atoms with Gasteiger partial charge in [0.2, 0.25) is 0 Å². The summed E-state index contributed by atoms with van der Waals surface area (Å²) in [5.41, 5.74) is 6.51. The maximum absolute atomic E-state index is 5.49. The molecule has 0 radical (unpaired) electrons. The van der Waals surface area contributed by atoms with Crippen molar-refractivity contribution < 1.29 is 4.42 Å². The molecular formula is C11H18N2O. The van der Waals surface area contributed by atoms with Crippen molar-refractivity contribution in [2.45, 2.75) is 44.4 Å². The van der Waals surface area contributed by atoms with Crippen LogP contribution >= 0.6 is 0 Å². The van der Waals surface area contributed by atoms with Gasteiger partial charge in [-0.15, -0.1) is 0 Å². The molecule has 0 atom stereocenters. The van der Waals surface area contributed by atoms with E-state index in [-0.39, 0.29) is 0 Å². The van der Waals surface area contributed by atoms with Gasteiger partial charge in [-0.3, -0.25) is 0 Å². The van der Waals surface area contributed by atoms with Crippen LogP contribution < -0.4 is 5.73 Å². The highest BCUT2D eigenvalue weighted by Gasteiger charge is 2.21. The number of rotatable bonds is 4. The quantitative estimate of drug-likeness (QED) is 0.799. The third kappa shape index (κ3) is 2.15. The molecule has 0 amide bonds. The summed E-state index contributed by atoms with van der Waals surface area (Å²) in [4.78, 5) is 4.51. The number of nitrogens with two attached hydrogens (primary N) is 1. The topological polar surface area (TPSA) is 52.0 Å². The van der Waals surface area contributed by atoms with Crippen molar-refractivity contribution in [1.82, 2.24) is 4.98 Å². The van der Waals surface area contributed by atoms with Crippen molar-refractivity contribution >= 4 is 0 Å². The fraction of sp³-hybridized carbons (Fsp3) is 0.727. The lowest BCUT2D eigenvalue weighted by Crippen LogP contribution is -2.00. The number of nitrogens with zero attached hydrogens (tertiary/aromatic N) is 1. The summed E-state index contributed by atoms with van der Waals surface area (Å²) < 4.78 is 5.49. The Kier molecular flexibility index (Phi) is 3.19. The molecule has 2 N–H and O–H groups in total. The van der Waals surface area contributed by atoms with Crippen LogP contribution in [-0.2, 0) is 6.42 Å². The van der Waals surface area contributed by atoms with Crippen LogP contribution in [0.1, 0.15) is 49.6 Å². The highest BCUT2D eigenvalue weighted by Crippen LogP contribution is 2.33. The Hall–Kier alpha value is -0.830. The van der Waals surface area contributed by atoms with Crippen molar-refractivity contribution in [2.24, 2.45) is 5.73 Å². The molecule has 0 aliphatic heterocycles.